The molecule has 2 rings (SSSR count). The molecular formula is C20H23NO3. The maximum atomic E-state index is 12.0. The van der Waals surface area contributed by atoms with Crippen LogP contribution in [0.15, 0.2) is 48.5 Å². The summed E-state index contributed by atoms with van der Waals surface area (Å²) >= 11 is 0. The lowest BCUT2D eigenvalue weighted by molar-refractivity contribution is -0.119. The van der Waals surface area contributed by atoms with Crippen molar-refractivity contribution in [1.82, 2.24) is 0 Å². The summed E-state index contributed by atoms with van der Waals surface area (Å²) in [4.78, 5) is 23.8. The highest BCUT2D eigenvalue weighted by Gasteiger charge is 2.15. The van der Waals surface area contributed by atoms with Crippen LogP contribution in [0.25, 0.3) is 0 Å². The minimum atomic E-state index is -0.505. The molecule has 1 N–H and O–H groups in total. The number of benzene rings is 2. The molecule has 4 heteroatoms. The van der Waals surface area contributed by atoms with Crippen LogP contribution in [0.4, 0.5) is 5.69 Å². The Hall–Kier alpha value is -2.62. The van der Waals surface area contributed by atoms with Crippen molar-refractivity contribution in [3.05, 3.63) is 65.2 Å². The zero-order valence-corrected chi connectivity index (χ0v) is 14.6. The molecule has 0 fully saturated rings. The molecular weight excluding hydrogens is 302 g/mol. The molecule has 0 aromatic heterocycles. The van der Waals surface area contributed by atoms with Crippen molar-refractivity contribution in [3.63, 3.8) is 0 Å². The van der Waals surface area contributed by atoms with E-state index in [1.165, 1.54) is 0 Å². The first-order valence-electron chi connectivity index (χ1n) is 7.90. The second-order valence-electron chi connectivity index (χ2n) is 6.82. The van der Waals surface area contributed by atoms with Gasteiger partial charge in [0.05, 0.1) is 5.56 Å². The lowest BCUT2D eigenvalue weighted by atomic mass is 9.87. The normalized spacial score (nSPS) is 11.0. The van der Waals surface area contributed by atoms with Gasteiger partial charge in [0.25, 0.3) is 5.91 Å². The van der Waals surface area contributed by atoms with Gasteiger partial charge in [0, 0.05) is 5.69 Å². The van der Waals surface area contributed by atoms with Gasteiger partial charge in [-0.05, 0) is 42.2 Å². The number of hydrogen-bond donors (Lipinski definition) is 1. The summed E-state index contributed by atoms with van der Waals surface area (Å²) in [5.41, 5.74) is 3.38. The van der Waals surface area contributed by atoms with Crippen molar-refractivity contribution in [2.24, 2.45) is 0 Å². The van der Waals surface area contributed by atoms with E-state index in [2.05, 4.69) is 26.1 Å². The molecule has 4 nitrogen and oxygen atoms in total. The van der Waals surface area contributed by atoms with Crippen LogP contribution in [0.5, 0.6) is 0 Å². The van der Waals surface area contributed by atoms with Crippen molar-refractivity contribution in [2.45, 2.75) is 33.1 Å². The Kier molecular flexibility index (Phi) is 5.39. The fourth-order valence-corrected chi connectivity index (χ4v) is 2.15. The molecule has 0 radical (unpaired) electrons. The van der Waals surface area contributed by atoms with Crippen molar-refractivity contribution in [2.75, 3.05) is 11.9 Å². The Morgan fingerprint density at radius 1 is 0.958 bits per heavy atom. The van der Waals surface area contributed by atoms with Gasteiger partial charge in [-0.3, -0.25) is 4.79 Å². The second-order valence-corrected chi connectivity index (χ2v) is 6.82. The van der Waals surface area contributed by atoms with Gasteiger partial charge in [0.2, 0.25) is 0 Å². The molecule has 2 aromatic rings. The van der Waals surface area contributed by atoms with Gasteiger partial charge in [-0.1, -0.05) is 50.6 Å². The second kappa shape index (κ2) is 7.30. The quantitative estimate of drug-likeness (QED) is 0.862. The van der Waals surface area contributed by atoms with E-state index in [0.29, 0.717) is 11.3 Å². The van der Waals surface area contributed by atoms with Crippen LogP contribution >= 0.6 is 0 Å². The van der Waals surface area contributed by atoms with Crippen LogP contribution in [0.2, 0.25) is 0 Å². The Morgan fingerprint density at radius 3 is 2.08 bits per heavy atom. The number of hydrogen-bond acceptors (Lipinski definition) is 3. The number of anilines is 1. The molecule has 0 aliphatic rings. The van der Waals surface area contributed by atoms with Crippen LogP contribution in [-0.2, 0) is 14.9 Å². The average molecular weight is 325 g/mol. The zero-order valence-electron chi connectivity index (χ0n) is 14.6. The third kappa shape index (κ3) is 4.95. The van der Waals surface area contributed by atoms with E-state index in [1.54, 1.807) is 24.3 Å². The predicted molar refractivity (Wildman–Crippen MR) is 95.2 cm³/mol. The Labute approximate surface area is 142 Å². The smallest absolute Gasteiger partial charge is 0.338 e. The van der Waals surface area contributed by atoms with Gasteiger partial charge in [-0.15, -0.1) is 0 Å². The van der Waals surface area contributed by atoms with Crippen LogP contribution in [0.1, 0.15) is 42.3 Å². The van der Waals surface area contributed by atoms with E-state index in [9.17, 15) is 9.59 Å². The van der Waals surface area contributed by atoms with Gasteiger partial charge in [0.1, 0.15) is 0 Å². The first-order valence-corrected chi connectivity index (χ1v) is 7.90. The molecule has 0 bridgehead atoms. The summed E-state index contributed by atoms with van der Waals surface area (Å²) in [7, 11) is 0. The summed E-state index contributed by atoms with van der Waals surface area (Å²) in [6.07, 6.45) is 0. The maximum Gasteiger partial charge on any atom is 0.338 e. The molecule has 0 unspecified atom stereocenters. The first-order chi connectivity index (χ1) is 11.3. The van der Waals surface area contributed by atoms with Gasteiger partial charge in [-0.2, -0.15) is 0 Å². The topological polar surface area (TPSA) is 55.4 Å². The lowest BCUT2D eigenvalue weighted by Gasteiger charge is -2.18. The highest BCUT2D eigenvalue weighted by molar-refractivity contribution is 5.95. The fourth-order valence-electron chi connectivity index (χ4n) is 2.15. The molecule has 0 aliphatic heterocycles. The number of esters is 1. The monoisotopic (exact) mass is 325 g/mol. The Bertz CT molecular complexity index is 710. The van der Waals surface area contributed by atoms with Crippen LogP contribution < -0.4 is 5.32 Å². The van der Waals surface area contributed by atoms with Gasteiger partial charge in [-0.25, -0.2) is 4.79 Å². The van der Waals surface area contributed by atoms with E-state index in [-0.39, 0.29) is 17.9 Å². The Balaban J connectivity index is 1.88. The standard InChI is InChI=1S/C20H23NO3/c1-14-5-11-17(12-6-14)21-18(22)13-24-19(23)15-7-9-16(10-8-15)20(2,3)4/h5-12H,13H2,1-4H3,(H,21,22). The summed E-state index contributed by atoms with van der Waals surface area (Å²) < 4.78 is 5.06. The number of rotatable bonds is 4. The number of ether oxygens (including phenoxy) is 1. The molecule has 0 saturated heterocycles. The minimum absolute atomic E-state index is 0.0242. The summed E-state index contributed by atoms with van der Waals surface area (Å²) in [5.74, 6) is -0.868. The van der Waals surface area contributed by atoms with Crippen LogP contribution in [-0.4, -0.2) is 18.5 Å². The van der Waals surface area contributed by atoms with Gasteiger partial charge >= 0.3 is 5.97 Å². The van der Waals surface area contributed by atoms with E-state index in [1.807, 2.05) is 31.2 Å². The van der Waals surface area contributed by atoms with Crippen molar-refractivity contribution in [3.8, 4) is 0 Å². The van der Waals surface area contributed by atoms with E-state index in [0.717, 1.165) is 11.1 Å². The molecule has 0 saturated carbocycles. The third-order valence-electron chi connectivity index (χ3n) is 3.66. The molecule has 2 aromatic carbocycles. The zero-order chi connectivity index (χ0) is 17.7. The van der Waals surface area contributed by atoms with Gasteiger partial charge in [0.15, 0.2) is 6.61 Å². The summed E-state index contributed by atoms with van der Waals surface area (Å²) in [5, 5.41) is 2.69. The van der Waals surface area contributed by atoms with E-state index >= 15 is 0 Å². The van der Waals surface area contributed by atoms with Crippen molar-refractivity contribution in [1.29, 1.82) is 0 Å². The highest BCUT2D eigenvalue weighted by atomic mass is 16.5. The largest absolute Gasteiger partial charge is 0.452 e. The summed E-state index contributed by atoms with van der Waals surface area (Å²) in [6.45, 7) is 7.98. The number of carbonyl (C=O) groups is 2. The van der Waals surface area contributed by atoms with Crippen LogP contribution in [0, 0.1) is 6.92 Å². The van der Waals surface area contributed by atoms with E-state index in [4.69, 9.17) is 4.74 Å². The number of amides is 1. The van der Waals surface area contributed by atoms with E-state index < -0.39 is 5.97 Å². The molecule has 0 aliphatic carbocycles. The highest BCUT2D eigenvalue weighted by Crippen LogP contribution is 2.22. The summed E-state index contributed by atoms with van der Waals surface area (Å²) in [6, 6.07) is 14.7. The average Bonchev–Trinajstić information content (AvgIpc) is 2.54. The van der Waals surface area contributed by atoms with Crippen molar-refractivity contribution >= 4 is 17.6 Å². The first kappa shape index (κ1) is 17.7. The van der Waals surface area contributed by atoms with Crippen molar-refractivity contribution < 1.29 is 14.3 Å². The molecule has 0 heterocycles. The number of nitrogens with one attached hydrogen (secondary N) is 1. The minimum Gasteiger partial charge on any atom is -0.452 e. The SMILES string of the molecule is Cc1ccc(NC(=O)COC(=O)c2ccc(C(C)(C)C)cc2)cc1. The van der Waals surface area contributed by atoms with Gasteiger partial charge < -0.3 is 10.1 Å². The third-order valence-corrected chi connectivity index (χ3v) is 3.66. The van der Waals surface area contributed by atoms with Crippen LogP contribution in [0.3, 0.4) is 0 Å². The molecule has 0 spiro atoms. The molecule has 0 atom stereocenters. The molecule has 126 valence electrons. The fraction of sp³-hybridized carbons (Fsp3) is 0.300. The Morgan fingerprint density at radius 2 is 1.54 bits per heavy atom. The number of carbonyl (C=O) groups excluding carboxylic acids is 2. The lowest BCUT2D eigenvalue weighted by Crippen LogP contribution is -2.21. The molecule has 1 amide bonds. The predicted octanol–water partition coefficient (Wildman–Crippen LogP) is 4.09. The maximum absolute atomic E-state index is 12.0. The molecule has 24 heavy (non-hydrogen) atoms. The number of aryl methyl sites for hydroxylation is 1.